The lowest BCUT2D eigenvalue weighted by atomic mass is 9.89. The number of fused-ring (bicyclic) bond motifs is 1. The van der Waals surface area contributed by atoms with Crippen LogP contribution in [0.3, 0.4) is 0 Å². The molecule has 1 aliphatic rings. The van der Waals surface area contributed by atoms with Gasteiger partial charge in [0.15, 0.2) is 0 Å². The Labute approximate surface area is 233 Å². The van der Waals surface area contributed by atoms with Crippen molar-refractivity contribution < 1.29 is 22.5 Å². The molecule has 4 aromatic rings. The predicted molar refractivity (Wildman–Crippen MR) is 154 cm³/mol. The normalized spacial score (nSPS) is 17.8. The topological polar surface area (TPSA) is 69.0 Å². The molecule has 1 aromatic heterocycles. The number of nitrogens with one attached hydrogen (secondary N) is 1. The van der Waals surface area contributed by atoms with Gasteiger partial charge in [0.05, 0.1) is 10.6 Å². The number of piperidine rings is 1. The molecule has 39 heavy (non-hydrogen) atoms. The van der Waals surface area contributed by atoms with Crippen molar-refractivity contribution in [3.63, 3.8) is 0 Å². The molecule has 3 atom stereocenters. The Morgan fingerprint density at radius 1 is 1.18 bits per heavy atom. The summed E-state index contributed by atoms with van der Waals surface area (Å²) in [5.41, 5.74) is 3.80. The predicted octanol–water partition coefficient (Wildman–Crippen LogP) is 6.20. The number of furan rings is 1. The number of rotatable bonds is 8. The second-order valence-corrected chi connectivity index (χ2v) is 11.9. The summed E-state index contributed by atoms with van der Waals surface area (Å²) >= 11 is 1.56. The second kappa shape index (κ2) is 11.8. The highest BCUT2D eigenvalue weighted by atomic mass is 32.2. The first-order valence-corrected chi connectivity index (χ1v) is 15.0. The van der Waals surface area contributed by atoms with Crippen molar-refractivity contribution in [2.75, 3.05) is 37.7 Å². The highest BCUT2D eigenvalue weighted by Gasteiger charge is 2.31. The molecule has 1 aliphatic heterocycles. The molecule has 3 aromatic carbocycles. The molecule has 5 rings (SSSR count). The summed E-state index contributed by atoms with van der Waals surface area (Å²) in [6.45, 7) is 1.10. The average Bonchev–Trinajstić information content (AvgIpc) is 3.34. The Hall–Kier alpha value is -2.76. The minimum absolute atomic E-state index is 0.0206. The highest BCUT2D eigenvalue weighted by Crippen LogP contribution is 2.44. The first-order chi connectivity index (χ1) is 18.8. The summed E-state index contributed by atoms with van der Waals surface area (Å²) in [7, 11) is 2.01. The maximum Gasteiger partial charge on any atom is 0.142 e. The van der Waals surface area contributed by atoms with Gasteiger partial charge < -0.3 is 13.8 Å². The summed E-state index contributed by atoms with van der Waals surface area (Å²) < 4.78 is 51.6. The molecule has 1 fully saturated rings. The van der Waals surface area contributed by atoms with Crippen molar-refractivity contribution in [1.29, 1.82) is 0 Å². The summed E-state index contributed by atoms with van der Waals surface area (Å²) in [6, 6.07) is 16.2. The van der Waals surface area contributed by atoms with Gasteiger partial charge in [-0.15, -0.1) is 0 Å². The van der Waals surface area contributed by atoms with Crippen LogP contribution in [0.25, 0.3) is 22.3 Å². The van der Waals surface area contributed by atoms with E-state index in [-0.39, 0.29) is 16.6 Å². The maximum absolute atomic E-state index is 14.4. The lowest BCUT2D eigenvalue weighted by molar-refractivity contribution is 0.150. The monoisotopic (exact) mass is 571 g/mol. The Morgan fingerprint density at radius 2 is 1.92 bits per heavy atom. The molecule has 2 N–H and O–H groups in total. The molecule has 0 radical (unpaired) electrons. The number of aliphatic hydroxyl groups excluding tert-OH is 1. The van der Waals surface area contributed by atoms with Gasteiger partial charge in [-0.25, -0.2) is 17.3 Å². The van der Waals surface area contributed by atoms with Gasteiger partial charge in [0.2, 0.25) is 0 Å². The van der Waals surface area contributed by atoms with Crippen molar-refractivity contribution in [3.8, 4) is 11.3 Å². The van der Waals surface area contributed by atoms with E-state index in [2.05, 4.69) is 9.62 Å². The third-order valence-corrected chi connectivity index (χ3v) is 9.48. The summed E-state index contributed by atoms with van der Waals surface area (Å²) in [5, 5.41) is 14.6. The molecule has 1 saturated heterocycles. The van der Waals surface area contributed by atoms with Crippen LogP contribution in [0.2, 0.25) is 0 Å². The summed E-state index contributed by atoms with van der Waals surface area (Å²) in [4.78, 5) is 0.188. The van der Waals surface area contributed by atoms with Crippen molar-refractivity contribution in [3.05, 3.63) is 83.4 Å². The third-order valence-electron chi connectivity index (χ3n) is 7.23. The zero-order valence-electron chi connectivity index (χ0n) is 22.0. The van der Waals surface area contributed by atoms with Gasteiger partial charge in [0.25, 0.3) is 0 Å². The third kappa shape index (κ3) is 5.49. The smallest absolute Gasteiger partial charge is 0.142 e. The molecule has 0 amide bonds. The van der Waals surface area contributed by atoms with Gasteiger partial charge in [-0.2, -0.15) is 0 Å². The van der Waals surface area contributed by atoms with Crippen molar-refractivity contribution in [2.45, 2.75) is 29.9 Å². The number of halogens is 2. The fourth-order valence-electron chi connectivity index (χ4n) is 5.17. The van der Waals surface area contributed by atoms with E-state index in [4.69, 9.17) is 4.42 Å². The summed E-state index contributed by atoms with van der Waals surface area (Å²) in [5.74, 6) is -0.342. The highest BCUT2D eigenvalue weighted by molar-refractivity contribution is 7.99. The standard InChI is InChI=1S/C29H31F2N3O3S2/c1-32-29(35)27-22-15-21(19-7-6-14-34(17-19)39(36)26-9-5-4-8-23(26)31)24(33(2)38-3)16-25(22)37-28(27)18-10-12-20(30)13-11-18/h4-5,8-13,15-16,19,29,32,35H,6-7,14,17H2,1-3H3/t19-,29?,39?/m0/s1. The van der Waals surface area contributed by atoms with E-state index in [1.54, 1.807) is 49.3 Å². The average molecular weight is 572 g/mol. The van der Waals surface area contributed by atoms with Crippen LogP contribution in [-0.4, -0.2) is 47.1 Å². The SMILES string of the molecule is CNC(O)c1c(-c2ccc(F)cc2)oc2cc(N(C)SC)c([C@H]3CCCN(S(=O)c4ccccc4F)C3)cc12. The fourth-order valence-corrected chi connectivity index (χ4v) is 6.84. The van der Waals surface area contributed by atoms with E-state index < -0.39 is 23.0 Å². The second-order valence-electron chi connectivity index (χ2n) is 9.54. The van der Waals surface area contributed by atoms with E-state index in [0.717, 1.165) is 29.5 Å². The van der Waals surface area contributed by atoms with Gasteiger partial charge >= 0.3 is 0 Å². The van der Waals surface area contributed by atoms with E-state index >= 15 is 0 Å². The first kappa shape index (κ1) is 27.8. The molecule has 0 bridgehead atoms. The molecule has 2 unspecified atom stereocenters. The molecular formula is C29H31F2N3O3S2. The lowest BCUT2D eigenvalue weighted by Crippen LogP contribution is -2.36. The molecule has 2 heterocycles. The Bertz CT molecular complexity index is 1500. The number of aliphatic hydroxyl groups is 1. The molecular weight excluding hydrogens is 540 g/mol. The van der Waals surface area contributed by atoms with Gasteiger partial charge in [0, 0.05) is 49.0 Å². The van der Waals surface area contributed by atoms with Crippen LogP contribution in [0.5, 0.6) is 0 Å². The van der Waals surface area contributed by atoms with Crippen molar-refractivity contribution in [1.82, 2.24) is 9.62 Å². The number of hydrogen-bond donors (Lipinski definition) is 2. The molecule has 6 nitrogen and oxygen atoms in total. The van der Waals surface area contributed by atoms with Gasteiger partial charge in [-0.05, 0) is 73.8 Å². The largest absolute Gasteiger partial charge is 0.456 e. The Balaban J connectivity index is 1.61. The number of hydrogen-bond acceptors (Lipinski definition) is 6. The van der Waals surface area contributed by atoms with Crippen LogP contribution >= 0.6 is 11.9 Å². The molecule has 10 heteroatoms. The maximum atomic E-state index is 14.4. The van der Waals surface area contributed by atoms with Crippen LogP contribution in [0, 0.1) is 11.6 Å². The molecule has 206 valence electrons. The number of nitrogens with zero attached hydrogens (tertiary/aromatic N) is 2. The van der Waals surface area contributed by atoms with Crippen LogP contribution in [0.15, 0.2) is 70.0 Å². The first-order valence-electron chi connectivity index (χ1n) is 12.7. The van der Waals surface area contributed by atoms with Crippen LogP contribution < -0.4 is 9.62 Å². The van der Waals surface area contributed by atoms with Crippen LogP contribution in [-0.2, 0) is 11.0 Å². The van der Waals surface area contributed by atoms with Crippen molar-refractivity contribution in [2.24, 2.45) is 0 Å². The Kier molecular flexibility index (Phi) is 8.39. The van der Waals surface area contributed by atoms with Gasteiger partial charge in [-0.3, -0.25) is 5.32 Å². The minimum Gasteiger partial charge on any atom is -0.456 e. The Morgan fingerprint density at radius 3 is 2.62 bits per heavy atom. The van der Waals surface area contributed by atoms with Gasteiger partial charge in [-0.1, -0.05) is 24.1 Å². The van der Waals surface area contributed by atoms with Crippen LogP contribution in [0.4, 0.5) is 14.5 Å². The van der Waals surface area contributed by atoms with Gasteiger partial charge in [0.1, 0.15) is 40.2 Å². The number of anilines is 1. The fraction of sp³-hybridized carbons (Fsp3) is 0.310. The van der Waals surface area contributed by atoms with E-state index in [1.165, 1.54) is 18.2 Å². The number of benzene rings is 3. The minimum atomic E-state index is -1.62. The molecule has 0 saturated carbocycles. The summed E-state index contributed by atoms with van der Waals surface area (Å²) in [6.07, 6.45) is 2.65. The lowest BCUT2D eigenvalue weighted by Gasteiger charge is -2.34. The van der Waals surface area contributed by atoms with E-state index in [1.807, 2.05) is 29.7 Å². The molecule has 0 aliphatic carbocycles. The zero-order valence-corrected chi connectivity index (χ0v) is 23.6. The van der Waals surface area contributed by atoms with Crippen LogP contribution in [0.1, 0.15) is 36.1 Å². The van der Waals surface area contributed by atoms with E-state index in [0.29, 0.717) is 35.6 Å². The quantitative estimate of drug-likeness (QED) is 0.194. The molecule has 0 spiro atoms. The van der Waals surface area contributed by atoms with Crippen molar-refractivity contribution >= 4 is 39.6 Å². The zero-order chi connectivity index (χ0) is 27.7. The van der Waals surface area contributed by atoms with E-state index in [9.17, 15) is 18.1 Å².